The largest absolute Gasteiger partial charge is 0.466 e. The molecule has 0 aliphatic carbocycles. The summed E-state index contributed by atoms with van der Waals surface area (Å²) in [5.74, 6) is 2.11. The van der Waals surface area contributed by atoms with Gasteiger partial charge in [0.15, 0.2) is 0 Å². The molecule has 6 nitrogen and oxygen atoms in total. The highest BCUT2D eigenvalue weighted by Crippen LogP contribution is 2.18. The maximum absolute atomic E-state index is 12.9. The van der Waals surface area contributed by atoms with E-state index >= 15 is 0 Å². The summed E-state index contributed by atoms with van der Waals surface area (Å²) in [6.07, 6.45) is 3.24. The van der Waals surface area contributed by atoms with Crippen LogP contribution in [0.25, 0.3) is 0 Å². The standard InChI is InChI=1S/C20H32N2O4/c1-15-6-10-21(11-7-15)19(23)8-12-22(9-5-13-25-4)20(24)18-14-16(2)26-17(18)3/h14-15H,5-13H2,1-4H3. The normalized spacial score (nSPS) is 15.3. The summed E-state index contributed by atoms with van der Waals surface area (Å²) in [5.41, 5.74) is 0.583. The van der Waals surface area contributed by atoms with E-state index in [9.17, 15) is 9.59 Å². The molecule has 2 heterocycles. The van der Waals surface area contributed by atoms with Crippen LogP contribution in [0.3, 0.4) is 0 Å². The van der Waals surface area contributed by atoms with Crippen molar-refractivity contribution in [3.05, 3.63) is 23.2 Å². The van der Waals surface area contributed by atoms with Gasteiger partial charge in [-0.1, -0.05) is 6.92 Å². The number of amides is 2. The molecular weight excluding hydrogens is 332 g/mol. The van der Waals surface area contributed by atoms with Crippen LogP contribution in [0.5, 0.6) is 0 Å². The lowest BCUT2D eigenvalue weighted by molar-refractivity contribution is -0.132. The van der Waals surface area contributed by atoms with Crippen LogP contribution in [0.4, 0.5) is 0 Å². The smallest absolute Gasteiger partial charge is 0.257 e. The monoisotopic (exact) mass is 364 g/mol. The molecule has 0 atom stereocenters. The zero-order valence-corrected chi connectivity index (χ0v) is 16.5. The number of carbonyl (C=O) groups is 2. The summed E-state index contributed by atoms with van der Waals surface area (Å²) in [6, 6.07) is 1.77. The molecule has 1 aromatic rings. The van der Waals surface area contributed by atoms with Gasteiger partial charge in [0.05, 0.1) is 5.56 Å². The van der Waals surface area contributed by atoms with E-state index in [1.54, 1.807) is 25.0 Å². The Balaban J connectivity index is 1.96. The third-order valence-corrected chi connectivity index (χ3v) is 5.07. The van der Waals surface area contributed by atoms with Crippen LogP contribution >= 0.6 is 0 Å². The summed E-state index contributed by atoms with van der Waals surface area (Å²) in [6.45, 7) is 9.11. The van der Waals surface area contributed by atoms with Crippen molar-refractivity contribution < 1.29 is 18.7 Å². The predicted octanol–water partition coefficient (Wildman–Crippen LogP) is 3.02. The van der Waals surface area contributed by atoms with Crippen molar-refractivity contribution in [3.63, 3.8) is 0 Å². The number of ether oxygens (including phenoxy) is 1. The fraction of sp³-hybridized carbons (Fsp3) is 0.700. The fourth-order valence-electron chi connectivity index (χ4n) is 3.37. The summed E-state index contributed by atoms with van der Waals surface area (Å²) in [4.78, 5) is 29.1. The quantitative estimate of drug-likeness (QED) is 0.665. The molecule has 0 radical (unpaired) electrons. The van der Waals surface area contributed by atoms with E-state index in [4.69, 9.17) is 9.15 Å². The summed E-state index contributed by atoms with van der Waals surface area (Å²) < 4.78 is 10.6. The molecular formula is C20H32N2O4. The van der Waals surface area contributed by atoms with Crippen molar-refractivity contribution in [3.8, 4) is 0 Å². The van der Waals surface area contributed by atoms with Crippen LogP contribution in [0, 0.1) is 19.8 Å². The number of piperidine rings is 1. The Labute approximate surface area is 156 Å². The van der Waals surface area contributed by atoms with Crippen LogP contribution in [0.1, 0.15) is 54.5 Å². The number of aryl methyl sites for hydroxylation is 2. The second kappa shape index (κ2) is 9.76. The lowest BCUT2D eigenvalue weighted by atomic mass is 9.99. The molecule has 0 unspecified atom stereocenters. The average molecular weight is 364 g/mol. The van der Waals surface area contributed by atoms with Gasteiger partial charge in [0.25, 0.3) is 5.91 Å². The summed E-state index contributed by atoms with van der Waals surface area (Å²) in [5, 5.41) is 0. The SMILES string of the molecule is COCCCN(CCC(=O)N1CCC(C)CC1)C(=O)c1cc(C)oc1C. The molecule has 0 saturated carbocycles. The number of rotatable bonds is 8. The third-order valence-electron chi connectivity index (χ3n) is 5.07. The van der Waals surface area contributed by atoms with Gasteiger partial charge in [-0.2, -0.15) is 0 Å². The van der Waals surface area contributed by atoms with Crippen LogP contribution in [-0.2, 0) is 9.53 Å². The number of hydrogen-bond donors (Lipinski definition) is 0. The molecule has 6 heteroatoms. The van der Waals surface area contributed by atoms with Crippen LogP contribution < -0.4 is 0 Å². The van der Waals surface area contributed by atoms with Gasteiger partial charge in [0, 0.05) is 46.3 Å². The second-order valence-corrected chi connectivity index (χ2v) is 7.28. The molecule has 26 heavy (non-hydrogen) atoms. The van der Waals surface area contributed by atoms with E-state index in [-0.39, 0.29) is 11.8 Å². The zero-order valence-electron chi connectivity index (χ0n) is 16.5. The van der Waals surface area contributed by atoms with Crippen molar-refractivity contribution in [2.75, 3.05) is 39.9 Å². The predicted molar refractivity (Wildman–Crippen MR) is 100 cm³/mol. The van der Waals surface area contributed by atoms with Crippen molar-refractivity contribution in [2.45, 2.75) is 46.5 Å². The molecule has 1 aromatic heterocycles. The molecule has 0 spiro atoms. The lowest BCUT2D eigenvalue weighted by Gasteiger charge is -2.31. The van der Waals surface area contributed by atoms with Crippen LogP contribution in [0.15, 0.2) is 10.5 Å². The second-order valence-electron chi connectivity index (χ2n) is 7.28. The van der Waals surface area contributed by atoms with E-state index in [0.717, 1.165) is 38.1 Å². The van der Waals surface area contributed by atoms with Crippen molar-refractivity contribution in [2.24, 2.45) is 5.92 Å². The van der Waals surface area contributed by atoms with E-state index in [1.165, 1.54) is 0 Å². The Morgan fingerprint density at radius 3 is 2.54 bits per heavy atom. The Morgan fingerprint density at radius 2 is 1.96 bits per heavy atom. The van der Waals surface area contributed by atoms with Crippen LogP contribution in [0.2, 0.25) is 0 Å². The molecule has 0 N–H and O–H groups in total. The number of methoxy groups -OCH3 is 1. The topological polar surface area (TPSA) is 63.0 Å². The Hall–Kier alpha value is -1.82. The van der Waals surface area contributed by atoms with Crippen molar-refractivity contribution in [1.82, 2.24) is 9.80 Å². The van der Waals surface area contributed by atoms with Crippen LogP contribution in [-0.4, -0.2) is 61.5 Å². The van der Waals surface area contributed by atoms with Gasteiger partial charge in [0.1, 0.15) is 11.5 Å². The van der Waals surface area contributed by atoms with Gasteiger partial charge in [-0.25, -0.2) is 0 Å². The molecule has 2 amide bonds. The highest BCUT2D eigenvalue weighted by atomic mass is 16.5. The number of likely N-dealkylation sites (tertiary alicyclic amines) is 1. The Bertz CT molecular complexity index is 603. The zero-order chi connectivity index (χ0) is 19.1. The molecule has 1 fully saturated rings. The van der Waals surface area contributed by atoms with Gasteiger partial charge in [0.2, 0.25) is 5.91 Å². The van der Waals surface area contributed by atoms with E-state index in [2.05, 4.69) is 6.92 Å². The number of hydrogen-bond acceptors (Lipinski definition) is 4. The highest BCUT2D eigenvalue weighted by molar-refractivity contribution is 5.95. The highest BCUT2D eigenvalue weighted by Gasteiger charge is 2.24. The minimum Gasteiger partial charge on any atom is -0.466 e. The molecule has 1 aliphatic heterocycles. The van der Waals surface area contributed by atoms with Crippen molar-refractivity contribution >= 4 is 11.8 Å². The third kappa shape index (κ3) is 5.59. The molecule has 1 saturated heterocycles. The first-order valence-corrected chi connectivity index (χ1v) is 9.55. The first kappa shape index (κ1) is 20.5. The van der Waals surface area contributed by atoms with E-state index in [0.29, 0.717) is 43.4 Å². The summed E-state index contributed by atoms with van der Waals surface area (Å²) in [7, 11) is 1.65. The number of nitrogens with zero attached hydrogens (tertiary/aromatic N) is 2. The summed E-state index contributed by atoms with van der Waals surface area (Å²) >= 11 is 0. The molecule has 0 bridgehead atoms. The molecule has 1 aliphatic rings. The fourth-order valence-corrected chi connectivity index (χ4v) is 3.37. The lowest BCUT2D eigenvalue weighted by Crippen LogP contribution is -2.41. The van der Waals surface area contributed by atoms with Gasteiger partial charge in [-0.05, 0) is 45.1 Å². The first-order chi connectivity index (χ1) is 12.4. The Morgan fingerprint density at radius 1 is 1.27 bits per heavy atom. The number of carbonyl (C=O) groups excluding carboxylic acids is 2. The van der Waals surface area contributed by atoms with Gasteiger partial charge in [-0.3, -0.25) is 9.59 Å². The molecule has 0 aromatic carbocycles. The van der Waals surface area contributed by atoms with E-state index in [1.807, 2.05) is 11.8 Å². The van der Waals surface area contributed by atoms with Gasteiger partial charge >= 0.3 is 0 Å². The maximum atomic E-state index is 12.9. The number of furan rings is 1. The first-order valence-electron chi connectivity index (χ1n) is 9.55. The maximum Gasteiger partial charge on any atom is 0.257 e. The molecule has 2 rings (SSSR count). The van der Waals surface area contributed by atoms with E-state index < -0.39 is 0 Å². The minimum absolute atomic E-state index is 0.0736. The minimum atomic E-state index is -0.0736. The van der Waals surface area contributed by atoms with Gasteiger partial charge in [-0.15, -0.1) is 0 Å². The van der Waals surface area contributed by atoms with Crippen molar-refractivity contribution in [1.29, 1.82) is 0 Å². The van der Waals surface area contributed by atoms with Gasteiger partial charge < -0.3 is 19.0 Å². The molecule has 146 valence electrons. The Kier molecular flexibility index (Phi) is 7.69. The average Bonchev–Trinajstić information content (AvgIpc) is 2.96.